The molecule has 10 heteroatoms. The second kappa shape index (κ2) is 60.1. The molecule has 0 spiro atoms. The third-order valence-electron chi connectivity index (χ3n) is 14.5. The molecule has 0 radical (unpaired) electrons. The Kier molecular flexibility index (Phi) is 58.1. The van der Waals surface area contributed by atoms with E-state index in [1.165, 1.54) is 193 Å². The van der Waals surface area contributed by atoms with Crippen molar-refractivity contribution in [2.45, 2.75) is 309 Å². The van der Waals surface area contributed by atoms with Crippen LogP contribution in [0.3, 0.4) is 0 Å². The Bertz CT molecular complexity index is 1560. The zero-order valence-corrected chi connectivity index (χ0v) is 53.2. The highest BCUT2D eigenvalue weighted by Crippen LogP contribution is 2.43. The lowest BCUT2D eigenvalue weighted by Crippen LogP contribution is -2.37. The second-order valence-corrected chi connectivity index (χ2v) is 24.9. The lowest BCUT2D eigenvalue weighted by atomic mass is 10.0. The van der Waals surface area contributed by atoms with Gasteiger partial charge in [0.1, 0.15) is 19.8 Å². The summed E-state index contributed by atoms with van der Waals surface area (Å²) in [5.74, 6) is -0.787. The van der Waals surface area contributed by atoms with Crippen molar-refractivity contribution in [1.82, 2.24) is 0 Å². The molecule has 0 aromatic rings. The quantitative estimate of drug-likeness (QED) is 0.0211. The number of phosphoric ester groups is 1. The minimum absolute atomic E-state index is 0.0309. The van der Waals surface area contributed by atoms with Gasteiger partial charge in [0.2, 0.25) is 0 Å². The molecule has 0 amide bonds. The molecule has 0 saturated carbocycles. The van der Waals surface area contributed by atoms with E-state index in [-0.39, 0.29) is 25.6 Å². The van der Waals surface area contributed by atoms with Gasteiger partial charge in [-0.15, -0.1) is 0 Å². The van der Waals surface area contributed by atoms with Crippen LogP contribution in [0.2, 0.25) is 0 Å². The van der Waals surface area contributed by atoms with E-state index >= 15 is 0 Å². The highest BCUT2D eigenvalue weighted by Gasteiger charge is 2.27. The number of carbonyl (C=O) groups is 2. The van der Waals surface area contributed by atoms with Crippen molar-refractivity contribution in [1.29, 1.82) is 0 Å². The number of phosphoric acid groups is 1. The predicted octanol–water partition coefficient (Wildman–Crippen LogP) is 21.2. The van der Waals surface area contributed by atoms with E-state index in [0.717, 1.165) is 77.0 Å². The Morgan fingerprint density at radius 1 is 0.405 bits per heavy atom. The van der Waals surface area contributed by atoms with Crippen molar-refractivity contribution in [2.24, 2.45) is 0 Å². The Balaban J connectivity index is 4.08. The summed E-state index contributed by atoms with van der Waals surface area (Å²) in [5, 5.41) is 0. The number of ether oxygens (including phenoxy) is 2. The van der Waals surface area contributed by atoms with Crippen LogP contribution in [0.25, 0.3) is 0 Å². The van der Waals surface area contributed by atoms with Crippen LogP contribution in [-0.2, 0) is 32.7 Å². The summed E-state index contributed by atoms with van der Waals surface area (Å²) in [7, 11) is 1.48. The Labute approximate surface area is 489 Å². The van der Waals surface area contributed by atoms with Gasteiger partial charge in [-0.3, -0.25) is 18.6 Å². The molecule has 1 N–H and O–H groups in total. The van der Waals surface area contributed by atoms with Crippen molar-refractivity contribution in [3.63, 3.8) is 0 Å². The van der Waals surface area contributed by atoms with Crippen molar-refractivity contribution in [3.05, 3.63) is 72.9 Å². The Morgan fingerprint density at radius 2 is 0.722 bits per heavy atom. The van der Waals surface area contributed by atoms with Crippen molar-refractivity contribution in [3.8, 4) is 0 Å². The summed E-state index contributed by atoms with van der Waals surface area (Å²) in [6, 6.07) is 0. The highest BCUT2D eigenvalue weighted by atomic mass is 31.2. The van der Waals surface area contributed by atoms with E-state index < -0.39 is 26.5 Å². The molecule has 79 heavy (non-hydrogen) atoms. The van der Waals surface area contributed by atoms with Crippen molar-refractivity contribution in [2.75, 3.05) is 47.5 Å². The van der Waals surface area contributed by atoms with E-state index in [9.17, 15) is 19.0 Å². The van der Waals surface area contributed by atoms with Crippen LogP contribution in [0.1, 0.15) is 303 Å². The van der Waals surface area contributed by atoms with Gasteiger partial charge in [0.25, 0.3) is 0 Å². The second-order valence-electron chi connectivity index (χ2n) is 23.5. The summed E-state index contributed by atoms with van der Waals surface area (Å²) >= 11 is 0. The summed E-state index contributed by atoms with van der Waals surface area (Å²) in [4.78, 5) is 35.8. The molecule has 0 aliphatic heterocycles. The molecule has 0 aliphatic rings. The molecule has 9 nitrogen and oxygen atoms in total. The Hall–Kier alpha value is -2.55. The van der Waals surface area contributed by atoms with Crippen molar-refractivity contribution >= 4 is 19.8 Å². The first kappa shape index (κ1) is 76.5. The number of hydrogen-bond donors (Lipinski definition) is 1. The van der Waals surface area contributed by atoms with Crippen molar-refractivity contribution < 1.29 is 42.1 Å². The molecular formula is C69H127NO8P+. The van der Waals surface area contributed by atoms with Crippen LogP contribution in [0.5, 0.6) is 0 Å². The monoisotopic (exact) mass is 1130 g/mol. The van der Waals surface area contributed by atoms with Gasteiger partial charge in [0.05, 0.1) is 27.7 Å². The highest BCUT2D eigenvalue weighted by molar-refractivity contribution is 7.47. The van der Waals surface area contributed by atoms with Gasteiger partial charge in [0.15, 0.2) is 6.10 Å². The maximum absolute atomic E-state index is 12.9. The summed E-state index contributed by atoms with van der Waals surface area (Å²) < 4.78 is 34.7. The van der Waals surface area contributed by atoms with Gasteiger partial charge < -0.3 is 18.9 Å². The normalized spacial score (nSPS) is 13.6. The molecule has 0 aromatic heterocycles. The molecule has 0 rings (SSSR count). The van der Waals surface area contributed by atoms with Gasteiger partial charge in [-0.1, -0.05) is 299 Å². The first-order valence-electron chi connectivity index (χ1n) is 33.2. The summed E-state index contributed by atoms with van der Waals surface area (Å²) in [6.45, 7) is 4.36. The maximum Gasteiger partial charge on any atom is 0.472 e. The van der Waals surface area contributed by atoms with Crippen LogP contribution < -0.4 is 0 Å². The SMILES string of the molecule is CC/C=C\C/C=C\C/C=C\C/C=C\C/C=C\C/C=C\CCCCCCCCCCCCCCC(=O)OC(COC(=O)CCCCCCCCCCCCCCCCCCCCCCCCCC)COP(=O)(O)OCC[N+](C)(C)C. The molecule has 0 heterocycles. The number of carbonyl (C=O) groups excluding carboxylic acids is 2. The number of hydrogen-bond acceptors (Lipinski definition) is 7. The van der Waals surface area contributed by atoms with E-state index in [1.54, 1.807) is 0 Å². The number of esters is 2. The number of nitrogens with zero attached hydrogens (tertiary/aromatic N) is 1. The van der Waals surface area contributed by atoms with E-state index in [2.05, 4.69) is 86.8 Å². The molecular weight excluding hydrogens is 1000 g/mol. The molecule has 2 unspecified atom stereocenters. The number of allylic oxidation sites excluding steroid dienone is 12. The van der Waals surface area contributed by atoms with Crippen LogP contribution in [0.4, 0.5) is 0 Å². The number of likely N-dealkylation sites (N-methyl/N-ethyl adjacent to an activating group) is 1. The number of unbranched alkanes of at least 4 members (excludes halogenated alkanes) is 35. The smallest absolute Gasteiger partial charge is 0.462 e. The summed E-state index contributed by atoms with van der Waals surface area (Å²) in [6.07, 6.45) is 79.9. The number of rotatable bonds is 61. The largest absolute Gasteiger partial charge is 0.472 e. The fourth-order valence-corrected chi connectivity index (χ4v) is 10.2. The molecule has 0 aromatic carbocycles. The van der Waals surface area contributed by atoms with E-state index in [0.29, 0.717) is 23.9 Å². The first-order chi connectivity index (χ1) is 38.5. The van der Waals surface area contributed by atoms with E-state index in [1.807, 2.05) is 21.1 Å². The topological polar surface area (TPSA) is 108 Å². The fourth-order valence-electron chi connectivity index (χ4n) is 9.43. The first-order valence-corrected chi connectivity index (χ1v) is 34.7. The summed E-state index contributed by atoms with van der Waals surface area (Å²) in [5.41, 5.74) is 0. The lowest BCUT2D eigenvalue weighted by molar-refractivity contribution is -0.870. The standard InChI is InChI=1S/C69H126NO8P/c1-6-8-10-12-14-16-18-20-22-24-26-28-30-32-33-34-35-36-37-38-40-42-44-46-48-50-52-54-56-58-60-62-69(72)78-67(66-77-79(73,74)76-64-63-70(3,4)5)65-75-68(71)61-59-57-55-53-51-49-47-45-43-41-39-31-29-27-25-23-21-19-17-15-13-11-9-7-2/h8,10,14,16,20,22,26,28,32-33,35-36,67H,6-7,9,11-13,15,17-19,21,23-25,27,29-31,34,37-66H2,1-5H3/p+1/b10-8-,16-14-,22-20-,28-26-,33-32-,36-35-. The van der Waals surface area contributed by atoms with Crippen LogP contribution in [-0.4, -0.2) is 74.9 Å². The van der Waals surface area contributed by atoms with Crippen LogP contribution >= 0.6 is 7.82 Å². The number of quaternary nitrogens is 1. The molecule has 0 aliphatic carbocycles. The maximum atomic E-state index is 12.9. The molecule has 2 atom stereocenters. The van der Waals surface area contributed by atoms with Crippen LogP contribution in [0, 0.1) is 0 Å². The fraction of sp³-hybridized carbons (Fsp3) is 0.797. The van der Waals surface area contributed by atoms with Gasteiger partial charge in [-0.2, -0.15) is 0 Å². The minimum atomic E-state index is -4.39. The molecule has 0 fully saturated rings. The van der Waals surface area contributed by atoms with Crippen LogP contribution in [0.15, 0.2) is 72.9 Å². The average Bonchev–Trinajstić information content (AvgIpc) is 3.41. The van der Waals surface area contributed by atoms with E-state index in [4.69, 9.17) is 18.5 Å². The third kappa shape index (κ3) is 64.5. The zero-order valence-electron chi connectivity index (χ0n) is 52.4. The molecule has 0 bridgehead atoms. The van der Waals surface area contributed by atoms with Gasteiger partial charge >= 0.3 is 19.8 Å². The molecule has 0 saturated heterocycles. The lowest BCUT2D eigenvalue weighted by Gasteiger charge is -2.24. The molecule has 460 valence electrons. The van der Waals surface area contributed by atoms with Gasteiger partial charge in [-0.25, -0.2) is 4.57 Å². The van der Waals surface area contributed by atoms with Gasteiger partial charge in [0, 0.05) is 12.8 Å². The predicted molar refractivity (Wildman–Crippen MR) is 339 cm³/mol. The minimum Gasteiger partial charge on any atom is -0.462 e. The Morgan fingerprint density at radius 3 is 1.08 bits per heavy atom. The van der Waals surface area contributed by atoms with Gasteiger partial charge in [-0.05, 0) is 64.2 Å². The third-order valence-corrected chi connectivity index (χ3v) is 15.5. The average molecular weight is 1130 g/mol. The zero-order chi connectivity index (χ0) is 57.7.